The Balaban J connectivity index is 2.53. The van der Waals surface area contributed by atoms with E-state index in [-0.39, 0.29) is 18.6 Å². The lowest BCUT2D eigenvalue weighted by molar-refractivity contribution is 0.0525. The normalized spacial score (nSPS) is 11.8. The lowest BCUT2D eigenvalue weighted by Gasteiger charge is -2.07. The summed E-state index contributed by atoms with van der Waals surface area (Å²) >= 11 is 0. The first kappa shape index (κ1) is 17.7. The summed E-state index contributed by atoms with van der Waals surface area (Å²) in [5.41, 5.74) is 2.56. The van der Waals surface area contributed by atoms with E-state index in [9.17, 15) is 9.59 Å². The molecule has 0 aliphatic heterocycles. The summed E-state index contributed by atoms with van der Waals surface area (Å²) in [6.07, 6.45) is 1.67. The smallest absolute Gasteiger partial charge is 0.340 e. The largest absolute Gasteiger partial charge is 0.462 e. The van der Waals surface area contributed by atoms with Gasteiger partial charge in [0.25, 0.3) is 5.91 Å². The van der Waals surface area contributed by atoms with Crippen LogP contribution in [0.15, 0.2) is 29.4 Å². The fourth-order valence-electron chi connectivity index (χ4n) is 2.57. The number of hydrogen-bond donors (Lipinski definition) is 1. The number of ether oxygens (including phenoxy) is 1. The Hall–Kier alpha value is -2.63. The average molecular weight is 329 g/mol. The Bertz CT molecular complexity index is 828. The maximum absolute atomic E-state index is 12.9. The summed E-state index contributed by atoms with van der Waals surface area (Å²) in [7, 11) is 0. The van der Waals surface area contributed by atoms with Gasteiger partial charge in [0.05, 0.1) is 12.2 Å². The number of aryl methyl sites for hydroxylation is 1. The summed E-state index contributed by atoms with van der Waals surface area (Å²) in [6.45, 7) is 9.43. The monoisotopic (exact) mass is 329 g/mol. The molecule has 2 aromatic rings. The van der Waals surface area contributed by atoms with Gasteiger partial charge in [-0.2, -0.15) is 0 Å². The first-order valence-corrected chi connectivity index (χ1v) is 7.99. The summed E-state index contributed by atoms with van der Waals surface area (Å²) in [4.78, 5) is 32.5. The second-order valence-electron chi connectivity index (χ2n) is 5.80. The molecule has 0 radical (unpaired) electrons. The number of pyridine rings is 1. The molecular weight excluding hydrogens is 306 g/mol. The number of aromatic amines is 1. The molecule has 1 N–H and O–H groups in total. The van der Waals surface area contributed by atoms with E-state index in [0.29, 0.717) is 28.0 Å². The zero-order chi connectivity index (χ0) is 17.9. The zero-order valence-electron chi connectivity index (χ0n) is 14.7. The second-order valence-corrected chi connectivity index (χ2v) is 5.80. The summed E-state index contributed by atoms with van der Waals surface area (Å²) in [5, 5.41) is 0. The number of carbonyl (C=O) groups excluding carboxylic acids is 2. The standard InChI is InChI=1S/C18H23N3O3/c1-6-24-18(23)15-12(4)16(20-13(15)5)17(22)21-10-8-7-9-14(21)19-11(2)3/h7-11,20H,6H2,1-5H3. The van der Waals surface area contributed by atoms with Crippen molar-refractivity contribution < 1.29 is 14.3 Å². The van der Waals surface area contributed by atoms with Gasteiger partial charge in [0.15, 0.2) is 0 Å². The maximum atomic E-state index is 12.9. The molecule has 2 heterocycles. The molecule has 2 aromatic heterocycles. The van der Waals surface area contributed by atoms with E-state index >= 15 is 0 Å². The van der Waals surface area contributed by atoms with Crippen LogP contribution in [0.25, 0.3) is 0 Å². The summed E-state index contributed by atoms with van der Waals surface area (Å²) in [5.74, 6) is -0.681. The number of hydrogen-bond acceptors (Lipinski definition) is 4. The van der Waals surface area contributed by atoms with E-state index in [1.54, 1.807) is 39.1 Å². The van der Waals surface area contributed by atoms with Crippen molar-refractivity contribution in [1.29, 1.82) is 0 Å². The lowest BCUT2D eigenvalue weighted by Crippen LogP contribution is -2.28. The van der Waals surface area contributed by atoms with Gasteiger partial charge in [0, 0.05) is 17.9 Å². The molecule has 0 saturated heterocycles. The van der Waals surface area contributed by atoms with Gasteiger partial charge in [0.2, 0.25) is 0 Å². The topological polar surface area (TPSA) is 76.5 Å². The molecule has 128 valence electrons. The number of rotatable bonds is 4. The molecule has 24 heavy (non-hydrogen) atoms. The van der Waals surface area contributed by atoms with E-state index in [1.165, 1.54) is 4.57 Å². The van der Waals surface area contributed by atoms with Crippen LogP contribution >= 0.6 is 0 Å². The first-order chi connectivity index (χ1) is 11.4. The number of esters is 1. The third-order valence-electron chi connectivity index (χ3n) is 3.58. The Kier molecular flexibility index (Phi) is 5.39. The predicted molar refractivity (Wildman–Crippen MR) is 91.1 cm³/mol. The van der Waals surface area contributed by atoms with E-state index in [1.807, 2.05) is 19.9 Å². The number of nitrogens with one attached hydrogen (secondary N) is 1. The van der Waals surface area contributed by atoms with Crippen LogP contribution in [0.1, 0.15) is 52.9 Å². The molecule has 0 unspecified atom stereocenters. The highest BCUT2D eigenvalue weighted by Crippen LogP contribution is 2.19. The molecule has 6 heteroatoms. The SMILES string of the molecule is CCOC(=O)c1c(C)[nH]c(C(=O)n2ccccc2=NC(C)C)c1C. The van der Waals surface area contributed by atoms with Crippen LogP contribution in [0.4, 0.5) is 0 Å². The molecule has 0 aromatic carbocycles. The van der Waals surface area contributed by atoms with Gasteiger partial charge >= 0.3 is 5.97 Å². The Morgan fingerprint density at radius 1 is 1.29 bits per heavy atom. The maximum Gasteiger partial charge on any atom is 0.340 e. The van der Waals surface area contributed by atoms with Crippen LogP contribution in [0, 0.1) is 13.8 Å². The fourth-order valence-corrected chi connectivity index (χ4v) is 2.57. The third kappa shape index (κ3) is 3.48. The van der Waals surface area contributed by atoms with Crippen molar-refractivity contribution in [2.75, 3.05) is 6.61 Å². The van der Waals surface area contributed by atoms with Crippen molar-refractivity contribution in [3.05, 3.63) is 52.4 Å². The van der Waals surface area contributed by atoms with Crippen LogP contribution < -0.4 is 5.49 Å². The number of H-pyrrole nitrogens is 1. The molecule has 2 rings (SSSR count). The minimum Gasteiger partial charge on any atom is -0.462 e. The minimum absolute atomic E-state index is 0.0630. The second kappa shape index (κ2) is 7.29. The van der Waals surface area contributed by atoms with Gasteiger partial charge in [-0.1, -0.05) is 6.07 Å². The molecule has 0 amide bonds. The van der Waals surface area contributed by atoms with Gasteiger partial charge in [-0.05, 0) is 52.3 Å². The summed E-state index contributed by atoms with van der Waals surface area (Å²) < 4.78 is 6.55. The van der Waals surface area contributed by atoms with Crippen LogP contribution in [0.2, 0.25) is 0 Å². The van der Waals surface area contributed by atoms with E-state index in [0.717, 1.165) is 0 Å². The van der Waals surface area contributed by atoms with Crippen molar-refractivity contribution in [2.24, 2.45) is 4.99 Å². The molecule has 0 bridgehead atoms. The van der Waals surface area contributed by atoms with Crippen LogP contribution in [-0.2, 0) is 4.74 Å². The molecular formula is C18H23N3O3. The van der Waals surface area contributed by atoms with Gasteiger partial charge in [-0.25, -0.2) is 4.79 Å². The lowest BCUT2D eigenvalue weighted by atomic mass is 10.1. The third-order valence-corrected chi connectivity index (χ3v) is 3.58. The Morgan fingerprint density at radius 2 is 2.00 bits per heavy atom. The zero-order valence-corrected chi connectivity index (χ0v) is 14.7. The highest BCUT2D eigenvalue weighted by molar-refractivity contribution is 6.01. The Morgan fingerprint density at radius 3 is 2.62 bits per heavy atom. The van der Waals surface area contributed by atoms with Crippen molar-refractivity contribution >= 4 is 11.9 Å². The fraction of sp³-hybridized carbons (Fsp3) is 0.389. The van der Waals surface area contributed by atoms with Crippen LogP contribution in [-0.4, -0.2) is 34.1 Å². The van der Waals surface area contributed by atoms with Crippen molar-refractivity contribution in [2.45, 2.75) is 40.7 Å². The number of carbonyl (C=O) groups is 2. The molecule has 6 nitrogen and oxygen atoms in total. The quantitative estimate of drug-likeness (QED) is 0.876. The molecule has 0 saturated carbocycles. The van der Waals surface area contributed by atoms with Gasteiger partial charge in [-0.15, -0.1) is 0 Å². The number of nitrogens with zero attached hydrogens (tertiary/aromatic N) is 2. The van der Waals surface area contributed by atoms with Crippen molar-refractivity contribution in [1.82, 2.24) is 9.55 Å². The predicted octanol–water partition coefficient (Wildman–Crippen LogP) is 2.61. The van der Waals surface area contributed by atoms with E-state index in [2.05, 4.69) is 9.98 Å². The molecule has 0 fully saturated rings. The highest BCUT2D eigenvalue weighted by Gasteiger charge is 2.23. The van der Waals surface area contributed by atoms with E-state index < -0.39 is 5.97 Å². The van der Waals surface area contributed by atoms with Gasteiger partial charge in [-0.3, -0.25) is 14.4 Å². The molecule has 0 aliphatic carbocycles. The van der Waals surface area contributed by atoms with E-state index in [4.69, 9.17) is 4.74 Å². The first-order valence-electron chi connectivity index (χ1n) is 7.99. The van der Waals surface area contributed by atoms with Crippen LogP contribution in [0.3, 0.4) is 0 Å². The highest BCUT2D eigenvalue weighted by atomic mass is 16.5. The molecule has 0 atom stereocenters. The minimum atomic E-state index is -0.423. The van der Waals surface area contributed by atoms with Gasteiger partial charge < -0.3 is 9.72 Å². The van der Waals surface area contributed by atoms with Crippen molar-refractivity contribution in [3.63, 3.8) is 0 Å². The van der Waals surface area contributed by atoms with Gasteiger partial charge in [0.1, 0.15) is 11.2 Å². The number of aromatic nitrogens is 2. The summed E-state index contributed by atoms with van der Waals surface area (Å²) in [6, 6.07) is 5.46. The Labute approximate surface area is 141 Å². The van der Waals surface area contributed by atoms with Crippen LogP contribution in [0.5, 0.6) is 0 Å². The average Bonchev–Trinajstić information content (AvgIpc) is 2.81. The van der Waals surface area contributed by atoms with Crippen molar-refractivity contribution in [3.8, 4) is 0 Å². The molecule has 0 aliphatic rings. The molecule has 0 spiro atoms.